The Kier molecular flexibility index (Phi) is 7.32. The molecule has 1 aliphatic rings. The summed E-state index contributed by atoms with van der Waals surface area (Å²) in [6.07, 6.45) is 2.30. The number of hydrogen-bond donors (Lipinski definition) is 0. The first kappa shape index (κ1) is 22.2. The van der Waals surface area contributed by atoms with Gasteiger partial charge >= 0.3 is 0 Å². The van der Waals surface area contributed by atoms with E-state index < -0.39 is 9.84 Å². The highest BCUT2D eigenvalue weighted by Crippen LogP contribution is 2.33. The average molecular weight is 458 g/mol. The summed E-state index contributed by atoms with van der Waals surface area (Å²) in [6, 6.07) is 8.61. The molecule has 29 heavy (non-hydrogen) atoms. The summed E-state index contributed by atoms with van der Waals surface area (Å²) in [6.45, 7) is 2.60. The molecule has 5 nitrogen and oxygen atoms in total. The number of unbranched alkanes of at least 4 members (excludes halogenated alkanes) is 1. The van der Waals surface area contributed by atoms with E-state index in [1.807, 2.05) is 12.1 Å². The number of ether oxygens (including phenoxy) is 2. The molecule has 158 valence electrons. The van der Waals surface area contributed by atoms with Gasteiger partial charge in [-0.05, 0) is 67.3 Å². The van der Waals surface area contributed by atoms with Gasteiger partial charge in [0.2, 0.25) is 0 Å². The second kappa shape index (κ2) is 9.56. The Bertz CT molecular complexity index is 979. The SMILES string of the molecule is COc1cc2c(cc1OC)CN(CCCCS(=O)(=O)c1cc(Cl)ccc1Cl)CC2. The Labute approximate surface area is 182 Å². The summed E-state index contributed by atoms with van der Waals surface area (Å²) in [5.41, 5.74) is 2.50. The maximum Gasteiger partial charge on any atom is 0.179 e. The summed E-state index contributed by atoms with van der Waals surface area (Å²) in [5.74, 6) is 1.55. The highest BCUT2D eigenvalue weighted by molar-refractivity contribution is 7.91. The van der Waals surface area contributed by atoms with Crippen LogP contribution in [0.5, 0.6) is 11.5 Å². The minimum absolute atomic E-state index is 0.0580. The van der Waals surface area contributed by atoms with E-state index in [2.05, 4.69) is 4.90 Å². The molecular formula is C21H25Cl2NO4S. The molecule has 8 heteroatoms. The van der Waals surface area contributed by atoms with Crippen molar-refractivity contribution >= 4 is 33.0 Å². The van der Waals surface area contributed by atoms with E-state index in [9.17, 15) is 8.42 Å². The number of benzene rings is 2. The highest BCUT2D eigenvalue weighted by Gasteiger charge is 2.21. The van der Waals surface area contributed by atoms with Gasteiger partial charge in [-0.2, -0.15) is 0 Å². The summed E-state index contributed by atoms with van der Waals surface area (Å²) in [7, 11) is -0.168. The maximum absolute atomic E-state index is 12.6. The van der Waals surface area contributed by atoms with Crippen LogP contribution in [-0.2, 0) is 22.8 Å². The van der Waals surface area contributed by atoms with Crippen molar-refractivity contribution in [2.75, 3.05) is 33.1 Å². The lowest BCUT2D eigenvalue weighted by Gasteiger charge is -2.29. The smallest absolute Gasteiger partial charge is 0.179 e. The van der Waals surface area contributed by atoms with Gasteiger partial charge < -0.3 is 9.47 Å². The Morgan fingerprint density at radius 1 is 1.00 bits per heavy atom. The van der Waals surface area contributed by atoms with Gasteiger partial charge in [-0.25, -0.2) is 8.42 Å². The fourth-order valence-corrected chi connectivity index (χ4v) is 5.77. The number of fused-ring (bicyclic) bond motifs is 1. The van der Waals surface area contributed by atoms with E-state index in [0.717, 1.165) is 44.0 Å². The lowest BCUT2D eigenvalue weighted by molar-refractivity contribution is 0.249. The van der Waals surface area contributed by atoms with Crippen LogP contribution in [0.1, 0.15) is 24.0 Å². The third kappa shape index (κ3) is 5.37. The van der Waals surface area contributed by atoms with E-state index in [0.29, 0.717) is 11.4 Å². The van der Waals surface area contributed by atoms with Gasteiger partial charge in [-0.1, -0.05) is 23.2 Å². The van der Waals surface area contributed by atoms with Crippen LogP contribution in [0.3, 0.4) is 0 Å². The van der Waals surface area contributed by atoms with E-state index in [4.69, 9.17) is 32.7 Å². The van der Waals surface area contributed by atoms with Gasteiger partial charge in [-0.15, -0.1) is 0 Å². The lowest BCUT2D eigenvalue weighted by Crippen LogP contribution is -2.31. The minimum Gasteiger partial charge on any atom is -0.493 e. The zero-order chi connectivity index (χ0) is 21.0. The van der Waals surface area contributed by atoms with E-state index in [-0.39, 0.29) is 15.7 Å². The summed E-state index contributed by atoms with van der Waals surface area (Å²) in [4.78, 5) is 2.45. The molecule has 3 rings (SSSR count). The topological polar surface area (TPSA) is 55.8 Å². The van der Waals surface area contributed by atoms with Crippen LogP contribution in [-0.4, -0.2) is 46.4 Å². The molecule has 0 fully saturated rings. The Morgan fingerprint density at radius 2 is 1.69 bits per heavy atom. The molecule has 1 heterocycles. The van der Waals surface area contributed by atoms with Gasteiger partial charge in [0.05, 0.1) is 29.9 Å². The van der Waals surface area contributed by atoms with Gasteiger partial charge in [0.1, 0.15) is 0 Å². The van der Waals surface area contributed by atoms with Crippen molar-refractivity contribution in [1.29, 1.82) is 0 Å². The molecule has 0 atom stereocenters. The van der Waals surface area contributed by atoms with Crippen molar-refractivity contribution < 1.29 is 17.9 Å². The highest BCUT2D eigenvalue weighted by atomic mass is 35.5. The fraction of sp³-hybridized carbons (Fsp3) is 0.429. The zero-order valence-electron chi connectivity index (χ0n) is 16.6. The number of hydrogen-bond acceptors (Lipinski definition) is 5. The summed E-state index contributed by atoms with van der Waals surface area (Å²) in [5, 5.41) is 0.582. The molecule has 1 aliphatic heterocycles. The van der Waals surface area contributed by atoms with E-state index >= 15 is 0 Å². The quantitative estimate of drug-likeness (QED) is 0.541. The van der Waals surface area contributed by atoms with Crippen LogP contribution < -0.4 is 9.47 Å². The van der Waals surface area contributed by atoms with Gasteiger partial charge in [0.25, 0.3) is 0 Å². The maximum atomic E-state index is 12.6. The Balaban J connectivity index is 1.55. The van der Waals surface area contributed by atoms with Crippen LogP contribution in [0.25, 0.3) is 0 Å². The first-order chi connectivity index (χ1) is 13.8. The standard InChI is InChI=1S/C21H25Cl2NO4S/c1-27-19-11-15-7-9-24(14-16(15)12-20(19)28-2)8-3-4-10-29(25,26)21-13-17(22)5-6-18(21)23/h5-6,11-13H,3-4,7-10,14H2,1-2H3. The third-order valence-corrected chi connectivity index (χ3v) is 7.67. The minimum atomic E-state index is -3.45. The first-order valence-corrected chi connectivity index (χ1v) is 11.9. The van der Waals surface area contributed by atoms with Crippen molar-refractivity contribution in [1.82, 2.24) is 4.90 Å². The number of rotatable bonds is 8. The number of halogens is 2. The van der Waals surface area contributed by atoms with Crippen molar-refractivity contribution in [3.63, 3.8) is 0 Å². The lowest BCUT2D eigenvalue weighted by atomic mass is 9.98. The molecular weight excluding hydrogens is 433 g/mol. The largest absolute Gasteiger partial charge is 0.493 e. The molecule has 0 bridgehead atoms. The number of methoxy groups -OCH3 is 2. The van der Waals surface area contributed by atoms with Crippen LogP contribution in [0.2, 0.25) is 10.0 Å². The fourth-order valence-electron chi connectivity index (χ4n) is 3.59. The summed E-state index contributed by atoms with van der Waals surface area (Å²) < 4.78 is 35.9. The van der Waals surface area contributed by atoms with Crippen LogP contribution in [0, 0.1) is 0 Å². The normalized spacial score (nSPS) is 14.5. The molecule has 0 saturated carbocycles. The molecule has 0 aromatic heterocycles. The predicted molar refractivity (Wildman–Crippen MR) is 116 cm³/mol. The Hall–Kier alpha value is -1.47. The zero-order valence-corrected chi connectivity index (χ0v) is 18.9. The number of sulfone groups is 1. The molecule has 0 saturated heterocycles. The van der Waals surface area contributed by atoms with E-state index in [1.54, 1.807) is 20.3 Å². The second-order valence-corrected chi connectivity index (χ2v) is 10.0. The molecule has 0 amide bonds. The van der Waals surface area contributed by atoms with Crippen LogP contribution in [0.4, 0.5) is 0 Å². The van der Waals surface area contributed by atoms with Crippen molar-refractivity contribution in [3.8, 4) is 11.5 Å². The molecule has 0 unspecified atom stereocenters. The van der Waals surface area contributed by atoms with Gasteiger partial charge in [0, 0.05) is 18.1 Å². The van der Waals surface area contributed by atoms with E-state index in [1.165, 1.54) is 23.3 Å². The molecule has 0 radical (unpaired) electrons. The Morgan fingerprint density at radius 3 is 2.38 bits per heavy atom. The predicted octanol–water partition coefficient (Wildman–Crippen LogP) is 4.62. The molecule has 0 N–H and O–H groups in total. The number of nitrogens with zero attached hydrogens (tertiary/aromatic N) is 1. The van der Waals surface area contributed by atoms with Crippen molar-refractivity contribution in [2.45, 2.75) is 30.7 Å². The molecule has 2 aromatic rings. The second-order valence-electron chi connectivity index (χ2n) is 7.10. The monoisotopic (exact) mass is 457 g/mol. The van der Waals surface area contributed by atoms with Crippen LogP contribution in [0.15, 0.2) is 35.2 Å². The van der Waals surface area contributed by atoms with Crippen LogP contribution >= 0.6 is 23.2 Å². The summed E-state index contributed by atoms with van der Waals surface area (Å²) >= 11 is 12.0. The average Bonchev–Trinajstić information content (AvgIpc) is 2.71. The molecule has 0 aliphatic carbocycles. The first-order valence-electron chi connectivity index (χ1n) is 9.48. The third-order valence-electron chi connectivity index (χ3n) is 5.16. The van der Waals surface area contributed by atoms with Gasteiger partial charge in [-0.3, -0.25) is 4.90 Å². The van der Waals surface area contributed by atoms with Crippen molar-refractivity contribution in [2.24, 2.45) is 0 Å². The van der Waals surface area contributed by atoms with Gasteiger partial charge in [0.15, 0.2) is 21.3 Å². The molecule has 2 aromatic carbocycles. The van der Waals surface area contributed by atoms with Crippen molar-refractivity contribution in [3.05, 3.63) is 51.5 Å². The molecule has 0 spiro atoms.